The van der Waals surface area contributed by atoms with E-state index >= 15 is 0 Å². The number of aromatic nitrogens is 2. The number of anilines is 1. The molecule has 0 amide bonds. The third-order valence-electron chi connectivity index (χ3n) is 3.29. The van der Waals surface area contributed by atoms with Crippen LogP contribution in [-0.4, -0.2) is 48.6 Å². The van der Waals surface area contributed by atoms with Crippen LogP contribution in [0.5, 0.6) is 0 Å². The summed E-state index contributed by atoms with van der Waals surface area (Å²) in [7, 11) is 4.26. The Morgan fingerprint density at radius 3 is 3.06 bits per heavy atom. The molecule has 0 bridgehead atoms. The highest BCUT2D eigenvalue weighted by atomic mass is 15.2. The van der Waals surface area contributed by atoms with Gasteiger partial charge in [0, 0.05) is 26.3 Å². The van der Waals surface area contributed by atoms with E-state index in [1.807, 2.05) is 6.07 Å². The van der Waals surface area contributed by atoms with Gasteiger partial charge in [-0.1, -0.05) is 0 Å². The molecule has 17 heavy (non-hydrogen) atoms. The first-order valence-corrected chi connectivity index (χ1v) is 6.10. The number of rotatable bonds is 4. The van der Waals surface area contributed by atoms with Gasteiger partial charge in [0.15, 0.2) is 0 Å². The second kappa shape index (κ2) is 5.42. The minimum atomic E-state index is 0.397. The van der Waals surface area contributed by atoms with Crippen LogP contribution in [0, 0.1) is 5.92 Å². The number of nitrogens with zero attached hydrogens (tertiary/aromatic N) is 4. The maximum absolute atomic E-state index is 5.55. The molecule has 94 valence electrons. The maximum Gasteiger partial charge on any atom is 0.144 e. The van der Waals surface area contributed by atoms with Gasteiger partial charge >= 0.3 is 0 Å². The fourth-order valence-electron chi connectivity index (χ4n) is 2.36. The van der Waals surface area contributed by atoms with Crippen LogP contribution < -0.4 is 10.6 Å². The second-order valence-corrected chi connectivity index (χ2v) is 4.83. The molecule has 1 atom stereocenters. The van der Waals surface area contributed by atoms with Gasteiger partial charge in [0.05, 0.1) is 6.54 Å². The molecule has 1 aromatic heterocycles. The van der Waals surface area contributed by atoms with Crippen molar-refractivity contribution in [2.24, 2.45) is 11.7 Å². The van der Waals surface area contributed by atoms with E-state index in [0.29, 0.717) is 12.4 Å². The van der Waals surface area contributed by atoms with Crippen LogP contribution in [0.25, 0.3) is 0 Å². The van der Waals surface area contributed by atoms with Crippen LogP contribution in [0.1, 0.15) is 12.2 Å². The van der Waals surface area contributed by atoms with Crippen molar-refractivity contribution < 1.29 is 0 Å². The highest BCUT2D eigenvalue weighted by Gasteiger charge is 2.21. The lowest BCUT2D eigenvalue weighted by Crippen LogP contribution is -2.28. The first kappa shape index (κ1) is 12.3. The highest BCUT2D eigenvalue weighted by molar-refractivity contribution is 5.36. The summed E-state index contributed by atoms with van der Waals surface area (Å²) in [5.74, 6) is 2.41. The standard InChI is InChI=1S/C12H21N5/c1-16-6-4-10(8-16)9-17(2)12-3-5-14-11(7-13)15-12/h3,5,10H,4,6-9,13H2,1-2H3. The van der Waals surface area contributed by atoms with E-state index in [0.717, 1.165) is 18.3 Å². The normalized spacial score (nSPS) is 20.8. The number of likely N-dealkylation sites (tertiary alicyclic amines) is 1. The number of hydrogen-bond acceptors (Lipinski definition) is 5. The average molecular weight is 235 g/mol. The molecule has 0 radical (unpaired) electrons. The minimum absolute atomic E-state index is 0.397. The topological polar surface area (TPSA) is 58.3 Å². The van der Waals surface area contributed by atoms with Gasteiger partial charge in [0.25, 0.3) is 0 Å². The Morgan fingerprint density at radius 1 is 1.59 bits per heavy atom. The molecule has 1 aliphatic heterocycles. The second-order valence-electron chi connectivity index (χ2n) is 4.83. The molecule has 1 aromatic rings. The van der Waals surface area contributed by atoms with Gasteiger partial charge in [-0.15, -0.1) is 0 Å². The summed E-state index contributed by atoms with van der Waals surface area (Å²) in [6, 6.07) is 1.94. The average Bonchev–Trinajstić information content (AvgIpc) is 2.75. The molecule has 1 saturated heterocycles. The predicted octanol–water partition coefficient (Wildman–Crippen LogP) is 0.323. The first-order valence-electron chi connectivity index (χ1n) is 6.10. The summed E-state index contributed by atoms with van der Waals surface area (Å²) in [6.07, 6.45) is 3.05. The number of nitrogens with two attached hydrogens (primary N) is 1. The lowest BCUT2D eigenvalue weighted by atomic mass is 10.1. The molecular weight excluding hydrogens is 214 g/mol. The van der Waals surface area contributed by atoms with E-state index in [4.69, 9.17) is 5.73 Å². The smallest absolute Gasteiger partial charge is 0.144 e. The van der Waals surface area contributed by atoms with Gasteiger partial charge in [-0.2, -0.15) is 0 Å². The van der Waals surface area contributed by atoms with Crippen LogP contribution in [0.3, 0.4) is 0 Å². The van der Waals surface area contributed by atoms with Gasteiger partial charge in [0.1, 0.15) is 11.6 Å². The Labute approximate surface area is 103 Å². The zero-order valence-corrected chi connectivity index (χ0v) is 10.6. The summed E-state index contributed by atoms with van der Waals surface area (Å²) in [5, 5.41) is 0. The van der Waals surface area contributed by atoms with Crippen molar-refractivity contribution in [1.82, 2.24) is 14.9 Å². The Morgan fingerprint density at radius 2 is 2.41 bits per heavy atom. The molecule has 0 spiro atoms. The van der Waals surface area contributed by atoms with Crippen LogP contribution in [0.15, 0.2) is 12.3 Å². The van der Waals surface area contributed by atoms with Crippen molar-refractivity contribution >= 4 is 5.82 Å². The zero-order valence-electron chi connectivity index (χ0n) is 10.6. The fraction of sp³-hybridized carbons (Fsp3) is 0.667. The van der Waals surface area contributed by atoms with Gasteiger partial charge in [0.2, 0.25) is 0 Å². The summed E-state index contributed by atoms with van der Waals surface area (Å²) in [5.41, 5.74) is 5.55. The van der Waals surface area contributed by atoms with Gasteiger partial charge in [-0.05, 0) is 32.0 Å². The Balaban J connectivity index is 1.96. The van der Waals surface area contributed by atoms with Crippen molar-refractivity contribution in [2.45, 2.75) is 13.0 Å². The molecular formula is C12H21N5. The maximum atomic E-state index is 5.55. The van der Waals surface area contributed by atoms with Crippen LogP contribution in [0.4, 0.5) is 5.82 Å². The van der Waals surface area contributed by atoms with Crippen LogP contribution in [-0.2, 0) is 6.54 Å². The van der Waals surface area contributed by atoms with Crippen LogP contribution >= 0.6 is 0 Å². The highest BCUT2D eigenvalue weighted by Crippen LogP contribution is 2.17. The Hall–Kier alpha value is -1.20. The minimum Gasteiger partial charge on any atom is -0.359 e. The molecule has 0 aromatic carbocycles. The van der Waals surface area contributed by atoms with E-state index in [9.17, 15) is 0 Å². The van der Waals surface area contributed by atoms with E-state index in [-0.39, 0.29) is 0 Å². The third-order valence-corrected chi connectivity index (χ3v) is 3.29. The quantitative estimate of drug-likeness (QED) is 0.814. The monoisotopic (exact) mass is 235 g/mol. The molecule has 2 rings (SSSR count). The van der Waals surface area contributed by atoms with E-state index in [2.05, 4.69) is 33.9 Å². The molecule has 2 N–H and O–H groups in total. The summed E-state index contributed by atoms with van der Waals surface area (Å²) >= 11 is 0. The first-order chi connectivity index (χ1) is 8.19. The van der Waals surface area contributed by atoms with Crippen molar-refractivity contribution in [2.75, 3.05) is 38.6 Å². The van der Waals surface area contributed by atoms with E-state index in [1.54, 1.807) is 6.20 Å². The zero-order chi connectivity index (χ0) is 12.3. The molecule has 1 fully saturated rings. The van der Waals surface area contributed by atoms with E-state index in [1.165, 1.54) is 19.5 Å². The van der Waals surface area contributed by atoms with Crippen molar-refractivity contribution in [3.63, 3.8) is 0 Å². The van der Waals surface area contributed by atoms with Gasteiger partial charge < -0.3 is 15.5 Å². The lowest BCUT2D eigenvalue weighted by molar-refractivity contribution is 0.395. The summed E-state index contributed by atoms with van der Waals surface area (Å²) < 4.78 is 0. The van der Waals surface area contributed by atoms with Crippen LogP contribution in [0.2, 0.25) is 0 Å². The molecule has 5 nitrogen and oxygen atoms in total. The molecule has 0 saturated carbocycles. The summed E-state index contributed by atoms with van der Waals surface area (Å²) in [4.78, 5) is 13.1. The molecule has 2 heterocycles. The molecule has 5 heteroatoms. The summed E-state index contributed by atoms with van der Waals surface area (Å²) in [6.45, 7) is 3.83. The Kier molecular flexibility index (Phi) is 3.91. The predicted molar refractivity (Wildman–Crippen MR) is 68.8 cm³/mol. The largest absolute Gasteiger partial charge is 0.359 e. The third kappa shape index (κ3) is 3.14. The van der Waals surface area contributed by atoms with Crippen molar-refractivity contribution in [3.05, 3.63) is 18.1 Å². The molecule has 0 aliphatic carbocycles. The SMILES string of the molecule is CN1CCC(CN(C)c2ccnc(CN)n2)C1. The van der Waals surface area contributed by atoms with Gasteiger partial charge in [-0.3, -0.25) is 0 Å². The fourth-order valence-corrected chi connectivity index (χ4v) is 2.36. The molecule has 1 unspecified atom stereocenters. The number of hydrogen-bond donors (Lipinski definition) is 1. The van der Waals surface area contributed by atoms with E-state index < -0.39 is 0 Å². The molecule has 1 aliphatic rings. The van der Waals surface area contributed by atoms with Crippen molar-refractivity contribution in [3.8, 4) is 0 Å². The lowest BCUT2D eigenvalue weighted by Gasteiger charge is -2.22. The van der Waals surface area contributed by atoms with Crippen molar-refractivity contribution in [1.29, 1.82) is 0 Å². The Bertz CT molecular complexity index is 368. The van der Waals surface area contributed by atoms with Gasteiger partial charge in [-0.25, -0.2) is 9.97 Å².